The molecule has 5 rings (SSSR count). The average Bonchev–Trinajstić information content (AvgIpc) is 3.15. The predicted molar refractivity (Wildman–Crippen MR) is 204 cm³/mol. The molecule has 0 aromatic heterocycles. The van der Waals surface area contributed by atoms with Crippen LogP contribution < -0.4 is 11.1 Å². The Balaban J connectivity index is 1.36. The maximum atomic E-state index is 13.2. The lowest BCUT2D eigenvalue weighted by molar-refractivity contribution is -0.143. The molecule has 1 heterocycles. The van der Waals surface area contributed by atoms with Crippen molar-refractivity contribution in [3.05, 3.63) is 141 Å². The molecule has 4 N–H and O–H groups in total. The normalized spacial score (nSPS) is 15.4. The SMILES string of the molecule is CCOC(=O)CC(c1ccc(C)c(CN2CC=C(OCc3ccccc3)OS2(=O)=O)c1)c1ccc(NCC(CCO)c2ccc(C(F)(F)F)cc2)c(N)c1C. The van der Waals surface area contributed by atoms with Crippen LogP contribution in [0.3, 0.4) is 0 Å². The fraction of sp³-hybridized carbons (Fsp3) is 0.341. The van der Waals surface area contributed by atoms with Crippen molar-refractivity contribution < 1.29 is 45.1 Å². The molecule has 2 atom stereocenters. The van der Waals surface area contributed by atoms with Gasteiger partial charge in [0.2, 0.25) is 0 Å². The van der Waals surface area contributed by atoms with Gasteiger partial charge in [-0.25, -0.2) is 0 Å². The van der Waals surface area contributed by atoms with Crippen molar-refractivity contribution in [2.75, 3.05) is 37.4 Å². The van der Waals surface area contributed by atoms with Gasteiger partial charge in [0.05, 0.1) is 30.0 Å². The van der Waals surface area contributed by atoms with Gasteiger partial charge in [-0.1, -0.05) is 66.7 Å². The first-order valence-corrected chi connectivity index (χ1v) is 19.3. The molecule has 0 amide bonds. The van der Waals surface area contributed by atoms with Gasteiger partial charge in [0.25, 0.3) is 5.95 Å². The quantitative estimate of drug-likeness (QED) is 0.0771. The van der Waals surface area contributed by atoms with Crippen LogP contribution in [-0.4, -0.2) is 50.1 Å². The first kappa shape index (κ1) is 41.1. The molecule has 0 bridgehead atoms. The van der Waals surface area contributed by atoms with Crippen molar-refractivity contribution >= 4 is 27.6 Å². The molecule has 10 nitrogen and oxygen atoms in total. The monoisotopic (exact) mass is 781 g/mol. The molecule has 4 aromatic carbocycles. The fourth-order valence-electron chi connectivity index (χ4n) is 6.47. The number of halogens is 3. The van der Waals surface area contributed by atoms with E-state index in [1.165, 1.54) is 16.4 Å². The molecule has 0 saturated heterocycles. The molecule has 55 heavy (non-hydrogen) atoms. The Hall–Kier alpha value is -5.05. The van der Waals surface area contributed by atoms with Gasteiger partial charge < -0.3 is 29.8 Å². The number of nitrogens with one attached hydrogen (secondary N) is 1. The molecule has 2 unspecified atom stereocenters. The summed E-state index contributed by atoms with van der Waals surface area (Å²) in [7, 11) is -4.18. The first-order valence-electron chi connectivity index (χ1n) is 17.9. The van der Waals surface area contributed by atoms with Crippen LogP contribution >= 0.6 is 0 Å². The van der Waals surface area contributed by atoms with Crippen LogP contribution in [0.1, 0.15) is 76.1 Å². The number of anilines is 2. The van der Waals surface area contributed by atoms with E-state index in [0.717, 1.165) is 34.4 Å². The molecule has 4 aromatic rings. The zero-order chi connectivity index (χ0) is 39.8. The number of carbonyl (C=O) groups excluding carboxylic acids is 1. The van der Waals surface area contributed by atoms with E-state index >= 15 is 0 Å². The highest BCUT2D eigenvalue weighted by Gasteiger charge is 2.32. The van der Waals surface area contributed by atoms with Crippen LogP contribution in [0.15, 0.2) is 97.0 Å². The minimum absolute atomic E-state index is 0.00807. The molecule has 1 aliphatic rings. The van der Waals surface area contributed by atoms with E-state index in [9.17, 15) is 31.5 Å². The highest BCUT2D eigenvalue weighted by atomic mass is 32.2. The summed E-state index contributed by atoms with van der Waals surface area (Å²) in [6.07, 6.45) is -2.57. The number of benzene rings is 4. The number of hydrogen-bond acceptors (Lipinski definition) is 9. The number of carbonyl (C=O) groups is 1. The van der Waals surface area contributed by atoms with E-state index in [4.69, 9.17) is 19.4 Å². The lowest BCUT2D eigenvalue weighted by atomic mass is 9.84. The number of alkyl halides is 3. The van der Waals surface area contributed by atoms with E-state index in [-0.39, 0.29) is 51.2 Å². The van der Waals surface area contributed by atoms with Crippen LogP contribution in [0, 0.1) is 13.8 Å². The van der Waals surface area contributed by atoms with E-state index < -0.39 is 33.9 Å². The number of rotatable bonds is 16. The van der Waals surface area contributed by atoms with Crippen LogP contribution in [0.4, 0.5) is 24.5 Å². The molecule has 0 radical (unpaired) electrons. The number of esters is 1. The number of aliphatic hydroxyl groups excluding tert-OH is 1. The molecular weight excluding hydrogens is 736 g/mol. The standard InChI is InChI=1S/C41H46F3N3O7S/c1-4-52-38(49)23-36(35-16-17-37(40(45)28(35)3)46-24-32(19-21-48)30-12-14-34(15-13-30)41(42,43)44)31-11-10-27(2)33(22-31)25-47-20-18-39(54-55(47,50)51)53-26-29-8-6-5-7-9-29/h5-18,22,32,36,46,48H,4,19-21,23-26,45H2,1-3H3. The Labute approximate surface area is 320 Å². The second-order valence-electron chi connectivity index (χ2n) is 13.3. The average molecular weight is 782 g/mol. The Morgan fingerprint density at radius 1 is 1.02 bits per heavy atom. The third-order valence-corrected chi connectivity index (χ3v) is 10.9. The molecular formula is C41H46F3N3O7S. The van der Waals surface area contributed by atoms with Crippen LogP contribution in [0.5, 0.6) is 0 Å². The second kappa shape index (κ2) is 18.1. The zero-order valence-corrected chi connectivity index (χ0v) is 31.8. The molecule has 0 aliphatic carbocycles. The summed E-state index contributed by atoms with van der Waals surface area (Å²) in [6.45, 7) is 5.96. The number of aliphatic hydroxyl groups is 1. The van der Waals surface area contributed by atoms with Crippen LogP contribution in [-0.2, 0) is 48.1 Å². The largest absolute Gasteiger partial charge is 0.466 e. The third kappa shape index (κ3) is 10.6. The molecule has 0 fully saturated rings. The maximum Gasteiger partial charge on any atom is 0.416 e. The van der Waals surface area contributed by atoms with Gasteiger partial charge in [-0.2, -0.15) is 25.9 Å². The van der Waals surface area contributed by atoms with E-state index in [2.05, 4.69) is 5.32 Å². The van der Waals surface area contributed by atoms with Gasteiger partial charge in [-0.15, -0.1) is 0 Å². The third-order valence-electron chi connectivity index (χ3n) is 9.65. The van der Waals surface area contributed by atoms with Gasteiger partial charge in [0.1, 0.15) is 6.61 Å². The Morgan fingerprint density at radius 3 is 2.38 bits per heavy atom. The molecule has 14 heteroatoms. The van der Waals surface area contributed by atoms with Gasteiger partial charge in [-0.05, 0) is 84.3 Å². The molecule has 0 spiro atoms. The summed E-state index contributed by atoms with van der Waals surface area (Å²) in [6, 6.07) is 23.5. The number of nitrogens with zero attached hydrogens (tertiary/aromatic N) is 1. The molecule has 1 aliphatic heterocycles. The summed E-state index contributed by atoms with van der Waals surface area (Å²) >= 11 is 0. The summed E-state index contributed by atoms with van der Waals surface area (Å²) < 4.78 is 83.2. The summed E-state index contributed by atoms with van der Waals surface area (Å²) in [5, 5.41) is 13.0. The topological polar surface area (TPSA) is 140 Å². The van der Waals surface area contributed by atoms with Crippen molar-refractivity contribution in [3.63, 3.8) is 0 Å². The number of nitrogens with two attached hydrogens (primary N) is 1. The first-order chi connectivity index (χ1) is 26.2. The lowest BCUT2D eigenvalue weighted by Crippen LogP contribution is -2.36. The minimum Gasteiger partial charge on any atom is -0.466 e. The van der Waals surface area contributed by atoms with Crippen molar-refractivity contribution in [2.24, 2.45) is 0 Å². The van der Waals surface area contributed by atoms with Crippen LogP contribution in [0.25, 0.3) is 0 Å². The van der Waals surface area contributed by atoms with Gasteiger partial charge in [-0.3, -0.25) is 4.79 Å². The number of ether oxygens (including phenoxy) is 2. The van der Waals surface area contributed by atoms with Crippen molar-refractivity contribution in [1.29, 1.82) is 0 Å². The summed E-state index contributed by atoms with van der Waals surface area (Å²) in [4.78, 5) is 13.0. The fourth-order valence-corrected chi connectivity index (χ4v) is 7.46. The van der Waals surface area contributed by atoms with Gasteiger partial charge in [0.15, 0.2) is 0 Å². The van der Waals surface area contributed by atoms with Gasteiger partial charge >= 0.3 is 22.4 Å². The Kier molecular flexibility index (Phi) is 13.5. The summed E-state index contributed by atoms with van der Waals surface area (Å²) in [5.41, 5.74) is 12.2. The summed E-state index contributed by atoms with van der Waals surface area (Å²) in [5.74, 6) is -1.31. The highest BCUT2D eigenvalue weighted by molar-refractivity contribution is 7.84. The molecule has 294 valence electrons. The van der Waals surface area contributed by atoms with E-state index in [0.29, 0.717) is 41.0 Å². The Morgan fingerprint density at radius 2 is 1.73 bits per heavy atom. The molecule has 0 saturated carbocycles. The van der Waals surface area contributed by atoms with Gasteiger partial charge in [0, 0.05) is 44.2 Å². The number of nitrogen functional groups attached to an aromatic ring is 1. The van der Waals surface area contributed by atoms with Crippen molar-refractivity contribution in [3.8, 4) is 0 Å². The second-order valence-corrected chi connectivity index (χ2v) is 14.9. The lowest BCUT2D eigenvalue weighted by Gasteiger charge is -2.27. The van der Waals surface area contributed by atoms with Crippen molar-refractivity contribution in [1.82, 2.24) is 4.31 Å². The Bertz CT molecular complexity index is 2080. The maximum absolute atomic E-state index is 13.2. The number of hydrogen-bond donors (Lipinski definition) is 3. The van der Waals surface area contributed by atoms with Crippen LogP contribution in [0.2, 0.25) is 0 Å². The predicted octanol–water partition coefficient (Wildman–Crippen LogP) is 7.70. The smallest absolute Gasteiger partial charge is 0.416 e. The minimum atomic E-state index is -4.45. The number of aryl methyl sites for hydroxylation is 1. The van der Waals surface area contributed by atoms with E-state index in [1.807, 2.05) is 68.4 Å². The van der Waals surface area contributed by atoms with E-state index in [1.54, 1.807) is 19.1 Å². The zero-order valence-electron chi connectivity index (χ0n) is 30.9. The highest BCUT2D eigenvalue weighted by Crippen LogP contribution is 2.38. The van der Waals surface area contributed by atoms with Crippen molar-refractivity contribution in [2.45, 2.75) is 64.8 Å².